The van der Waals surface area contributed by atoms with Crippen molar-refractivity contribution in [1.29, 1.82) is 0 Å². The summed E-state index contributed by atoms with van der Waals surface area (Å²) in [5.41, 5.74) is 4.87. The molecule has 0 spiro atoms. The minimum Gasteiger partial charge on any atom is -0.383 e. The third-order valence-corrected chi connectivity index (χ3v) is 1.70. The quantitative estimate of drug-likeness (QED) is 0.516. The highest BCUT2D eigenvalue weighted by Gasteiger charge is 2.27. The fourth-order valence-electron chi connectivity index (χ4n) is 1.03. The van der Waals surface area contributed by atoms with Gasteiger partial charge < -0.3 is 15.6 Å². The van der Waals surface area contributed by atoms with Crippen LogP contribution in [0.2, 0.25) is 0 Å². The molecule has 1 aliphatic heterocycles. The number of carbonyl (C=O) groups is 1. The third-order valence-electron chi connectivity index (χ3n) is 1.70. The van der Waals surface area contributed by atoms with E-state index in [0.29, 0.717) is 13.2 Å². The highest BCUT2D eigenvalue weighted by Crippen LogP contribution is 2.15. The number of hydrogen-bond acceptors (Lipinski definition) is 3. The van der Waals surface area contributed by atoms with Gasteiger partial charge in [-0.25, -0.2) is 0 Å². The summed E-state index contributed by atoms with van der Waals surface area (Å²) in [6.07, 6.45) is -0.299. The normalized spacial score (nSPS) is 28.3. The second-order valence-corrected chi connectivity index (χ2v) is 2.47. The molecule has 0 saturated carbocycles. The van der Waals surface area contributed by atoms with Crippen LogP contribution < -0.4 is 5.73 Å². The largest absolute Gasteiger partial charge is 0.383 e. The Bertz CT molecular complexity index is 131. The molecule has 4 nitrogen and oxygen atoms in total. The van der Waals surface area contributed by atoms with Gasteiger partial charge in [-0.2, -0.15) is 0 Å². The third kappa shape index (κ3) is 1.46. The maximum atomic E-state index is 10.4. The van der Waals surface area contributed by atoms with Crippen LogP contribution in [0.5, 0.6) is 0 Å². The summed E-state index contributed by atoms with van der Waals surface area (Å²) in [7, 11) is 0. The number of nitrogens with two attached hydrogens (primary N) is 1. The topological polar surface area (TPSA) is 72.6 Å². The molecule has 0 aromatic carbocycles. The predicted molar refractivity (Wildman–Crippen MR) is 34.1 cm³/mol. The first-order valence-corrected chi connectivity index (χ1v) is 3.27. The Morgan fingerprint density at radius 3 is 2.90 bits per heavy atom. The average molecular weight is 145 g/mol. The smallest absolute Gasteiger partial charge is 0.246 e. The summed E-state index contributed by atoms with van der Waals surface area (Å²) in [6, 6.07) is 0. The molecule has 1 amide bonds. The molecule has 4 heteroatoms. The highest BCUT2D eigenvalue weighted by molar-refractivity contribution is 5.78. The average Bonchev–Trinajstić information content (AvgIpc) is 2.36. The molecule has 2 atom stereocenters. The van der Waals surface area contributed by atoms with Gasteiger partial charge in [0.2, 0.25) is 5.91 Å². The SMILES string of the molecule is NC(=O)[C@H](O)[C@@H]1CCOC1. The van der Waals surface area contributed by atoms with E-state index in [-0.39, 0.29) is 5.92 Å². The van der Waals surface area contributed by atoms with Gasteiger partial charge in [0.15, 0.2) is 0 Å². The van der Waals surface area contributed by atoms with Crippen LogP contribution in [0.3, 0.4) is 0 Å². The van der Waals surface area contributed by atoms with Crippen LogP contribution in [0.4, 0.5) is 0 Å². The Balaban J connectivity index is 2.39. The van der Waals surface area contributed by atoms with Crippen LogP contribution in [-0.4, -0.2) is 30.3 Å². The molecule has 1 aliphatic rings. The van der Waals surface area contributed by atoms with Crippen molar-refractivity contribution in [3.8, 4) is 0 Å². The molecule has 0 aromatic heterocycles. The van der Waals surface area contributed by atoms with E-state index in [1.807, 2.05) is 0 Å². The monoisotopic (exact) mass is 145 g/mol. The number of carbonyl (C=O) groups excluding carboxylic acids is 1. The van der Waals surface area contributed by atoms with E-state index < -0.39 is 12.0 Å². The van der Waals surface area contributed by atoms with Crippen molar-refractivity contribution in [1.82, 2.24) is 0 Å². The van der Waals surface area contributed by atoms with Crippen LogP contribution in [0, 0.1) is 5.92 Å². The Kier molecular flexibility index (Phi) is 2.24. The lowest BCUT2D eigenvalue weighted by Crippen LogP contribution is -2.35. The van der Waals surface area contributed by atoms with E-state index in [1.165, 1.54) is 0 Å². The first-order chi connectivity index (χ1) is 4.72. The van der Waals surface area contributed by atoms with Gasteiger partial charge in [0.25, 0.3) is 0 Å². The zero-order valence-electron chi connectivity index (χ0n) is 5.62. The maximum absolute atomic E-state index is 10.4. The number of amides is 1. The number of aliphatic hydroxyl groups is 1. The van der Waals surface area contributed by atoms with Gasteiger partial charge >= 0.3 is 0 Å². The highest BCUT2D eigenvalue weighted by atomic mass is 16.5. The van der Waals surface area contributed by atoms with Crippen molar-refractivity contribution >= 4 is 5.91 Å². The number of hydrogen-bond donors (Lipinski definition) is 2. The van der Waals surface area contributed by atoms with E-state index in [1.54, 1.807) is 0 Å². The Morgan fingerprint density at radius 2 is 2.50 bits per heavy atom. The molecule has 58 valence electrons. The molecular formula is C6H11NO3. The van der Waals surface area contributed by atoms with Crippen molar-refractivity contribution in [3.63, 3.8) is 0 Å². The van der Waals surface area contributed by atoms with Crippen LogP contribution >= 0.6 is 0 Å². The molecule has 0 aromatic rings. The molecule has 1 fully saturated rings. The lowest BCUT2D eigenvalue weighted by molar-refractivity contribution is -0.128. The van der Waals surface area contributed by atoms with E-state index in [2.05, 4.69) is 0 Å². The number of aliphatic hydroxyl groups excluding tert-OH is 1. The standard InChI is InChI=1S/C6H11NO3/c7-6(9)5(8)4-1-2-10-3-4/h4-5,8H,1-3H2,(H2,7,9)/t4-,5-/m1/s1. The van der Waals surface area contributed by atoms with Crippen molar-refractivity contribution in [3.05, 3.63) is 0 Å². The first-order valence-electron chi connectivity index (χ1n) is 3.27. The zero-order chi connectivity index (χ0) is 7.56. The van der Waals surface area contributed by atoms with Crippen molar-refractivity contribution in [2.45, 2.75) is 12.5 Å². The van der Waals surface area contributed by atoms with Gasteiger partial charge in [0, 0.05) is 12.5 Å². The molecule has 0 aliphatic carbocycles. The number of ether oxygens (including phenoxy) is 1. The minimum atomic E-state index is -1.03. The Hall–Kier alpha value is -0.610. The van der Waals surface area contributed by atoms with Crippen LogP contribution in [0.15, 0.2) is 0 Å². The van der Waals surface area contributed by atoms with Gasteiger partial charge in [0.1, 0.15) is 6.10 Å². The Labute approximate surface area is 59.0 Å². The fourth-order valence-corrected chi connectivity index (χ4v) is 1.03. The lowest BCUT2D eigenvalue weighted by atomic mass is 10.0. The summed E-state index contributed by atoms with van der Waals surface area (Å²) in [6.45, 7) is 1.07. The van der Waals surface area contributed by atoms with Crippen molar-refractivity contribution in [2.75, 3.05) is 13.2 Å². The van der Waals surface area contributed by atoms with Crippen LogP contribution in [0.1, 0.15) is 6.42 Å². The van der Waals surface area contributed by atoms with Gasteiger partial charge in [0.05, 0.1) is 6.61 Å². The Morgan fingerprint density at radius 1 is 1.80 bits per heavy atom. The van der Waals surface area contributed by atoms with E-state index >= 15 is 0 Å². The number of primary amides is 1. The maximum Gasteiger partial charge on any atom is 0.246 e. The summed E-state index contributed by atoms with van der Waals surface area (Å²) in [5, 5.41) is 9.07. The second-order valence-electron chi connectivity index (χ2n) is 2.47. The van der Waals surface area contributed by atoms with Crippen molar-refractivity contribution < 1.29 is 14.6 Å². The zero-order valence-corrected chi connectivity index (χ0v) is 5.62. The van der Waals surface area contributed by atoms with E-state index in [0.717, 1.165) is 6.42 Å². The van der Waals surface area contributed by atoms with Gasteiger partial charge in [-0.1, -0.05) is 0 Å². The molecular weight excluding hydrogens is 134 g/mol. The first kappa shape index (κ1) is 7.50. The molecule has 10 heavy (non-hydrogen) atoms. The molecule has 3 N–H and O–H groups in total. The summed E-state index contributed by atoms with van der Waals surface area (Å²) < 4.78 is 4.96. The second kappa shape index (κ2) is 2.98. The van der Waals surface area contributed by atoms with E-state index in [4.69, 9.17) is 15.6 Å². The molecule has 0 radical (unpaired) electrons. The fraction of sp³-hybridized carbons (Fsp3) is 0.833. The summed E-state index contributed by atoms with van der Waals surface area (Å²) >= 11 is 0. The summed E-state index contributed by atoms with van der Waals surface area (Å²) in [5.74, 6) is -0.743. The molecule has 1 rings (SSSR count). The molecule has 1 saturated heterocycles. The predicted octanol–water partition coefficient (Wildman–Crippen LogP) is -1.13. The van der Waals surface area contributed by atoms with Gasteiger partial charge in [-0.15, -0.1) is 0 Å². The van der Waals surface area contributed by atoms with E-state index in [9.17, 15) is 4.79 Å². The molecule has 0 unspecified atom stereocenters. The van der Waals surface area contributed by atoms with Gasteiger partial charge in [-0.05, 0) is 6.42 Å². The molecule has 1 heterocycles. The van der Waals surface area contributed by atoms with Crippen molar-refractivity contribution in [2.24, 2.45) is 11.7 Å². The lowest BCUT2D eigenvalue weighted by Gasteiger charge is -2.11. The molecule has 0 bridgehead atoms. The summed E-state index contributed by atoms with van der Waals surface area (Å²) in [4.78, 5) is 10.4. The van der Waals surface area contributed by atoms with Crippen LogP contribution in [-0.2, 0) is 9.53 Å². The minimum absolute atomic E-state index is 0.0856. The van der Waals surface area contributed by atoms with Crippen LogP contribution in [0.25, 0.3) is 0 Å². The van der Waals surface area contributed by atoms with Gasteiger partial charge in [-0.3, -0.25) is 4.79 Å². The number of rotatable bonds is 2.